The van der Waals surface area contributed by atoms with Gasteiger partial charge in [0.15, 0.2) is 0 Å². The highest BCUT2D eigenvalue weighted by Gasteiger charge is 2.16. The van der Waals surface area contributed by atoms with Gasteiger partial charge in [-0.25, -0.2) is 0 Å². The summed E-state index contributed by atoms with van der Waals surface area (Å²) < 4.78 is 0. The molecule has 0 saturated carbocycles. The molecular formula is C12H15ClO2. The van der Waals surface area contributed by atoms with Gasteiger partial charge in [-0.1, -0.05) is 17.7 Å². The number of benzene rings is 1. The average Bonchev–Trinajstić information content (AvgIpc) is 2.10. The van der Waals surface area contributed by atoms with Crippen LogP contribution < -0.4 is 0 Å². The highest BCUT2D eigenvalue weighted by Crippen LogP contribution is 2.19. The van der Waals surface area contributed by atoms with E-state index in [1.165, 1.54) is 5.56 Å². The van der Waals surface area contributed by atoms with Crippen molar-refractivity contribution in [1.29, 1.82) is 0 Å². The molecule has 3 heteroatoms. The van der Waals surface area contributed by atoms with E-state index in [1.54, 1.807) is 0 Å². The Bertz CT molecular complexity index is 362. The Hall–Kier alpha value is -1.02. The summed E-state index contributed by atoms with van der Waals surface area (Å²) in [6.07, 6.45) is 0.384. The summed E-state index contributed by atoms with van der Waals surface area (Å²) in [6, 6.07) is 4.10. The number of hydrogen-bond acceptors (Lipinski definition) is 1. The Labute approximate surface area is 94.9 Å². The van der Waals surface area contributed by atoms with E-state index in [0.717, 1.165) is 16.7 Å². The summed E-state index contributed by atoms with van der Waals surface area (Å²) in [7, 11) is 0. The molecule has 0 fully saturated rings. The standard InChI is InChI=1S/C12H15ClO2/c1-7-4-8(2)10(9(3)5-7)6-11(13)12(14)15/h4-5,11H,6H2,1-3H3,(H,14,15). The first-order valence-electron chi connectivity index (χ1n) is 4.85. The van der Waals surface area contributed by atoms with Crippen LogP contribution in [0.3, 0.4) is 0 Å². The number of rotatable bonds is 3. The highest BCUT2D eigenvalue weighted by atomic mass is 35.5. The van der Waals surface area contributed by atoms with Gasteiger partial charge in [0.05, 0.1) is 0 Å². The molecule has 2 nitrogen and oxygen atoms in total. The van der Waals surface area contributed by atoms with Crippen molar-refractivity contribution >= 4 is 17.6 Å². The van der Waals surface area contributed by atoms with Crippen LogP contribution in [-0.2, 0) is 11.2 Å². The Morgan fingerprint density at radius 1 is 1.33 bits per heavy atom. The maximum atomic E-state index is 10.7. The summed E-state index contributed by atoms with van der Waals surface area (Å²) in [6.45, 7) is 6.00. The molecule has 1 atom stereocenters. The van der Waals surface area contributed by atoms with Crippen LogP contribution in [0.5, 0.6) is 0 Å². The van der Waals surface area contributed by atoms with E-state index in [-0.39, 0.29) is 0 Å². The molecule has 0 heterocycles. The van der Waals surface area contributed by atoms with Crippen LogP contribution >= 0.6 is 11.6 Å². The number of aryl methyl sites for hydroxylation is 3. The van der Waals surface area contributed by atoms with Crippen LogP contribution in [0.25, 0.3) is 0 Å². The molecule has 1 aromatic rings. The quantitative estimate of drug-likeness (QED) is 0.805. The third-order valence-corrected chi connectivity index (χ3v) is 2.83. The van der Waals surface area contributed by atoms with Crippen molar-refractivity contribution in [3.8, 4) is 0 Å². The summed E-state index contributed by atoms with van der Waals surface area (Å²) in [5.74, 6) is -0.962. The molecule has 0 aromatic heterocycles. The van der Waals surface area contributed by atoms with E-state index in [4.69, 9.17) is 16.7 Å². The first-order chi connectivity index (χ1) is 6.91. The molecule has 0 aliphatic rings. The summed E-state index contributed by atoms with van der Waals surface area (Å²) in [5.41, 5.74) is 4.46. The fourth-order valence-electron chi connectivity index (χ4n) is 1.80. The molecule has 1 unspecified atom stereocenters. The molecular weight excluding hydrogens is 212 g/mol. The van der Waals surface area contributed by atoms with Crippen LogP contribution in [0.15, 0.2) is 12.1 Å². The molecule has 1 aromatic carbocycles. The average molecular weight is 227 g/mol. The van der Waals surface area contributed by atoms with Gasteiger partial charge in [0.2, 0.25) is 0 Å². The summed E-state index contributed by atoms with van der Waals surface area (Å²) in [5, 5.41) is 7.91. The number of hydrogen-bond donors (Lipinski definition) is 1. The first-order valence-corrected chi connectivity index (χ1v) is 5.29. The lowest BCUT2D eigenvalue weighted by atomic mass is 9.96. The lowest BCUT2D eigenvalue weighted by molar-refractivity contribution is -0.136. The van der Waals surface area contributed by atoms with Gasteiger partial charge in [0.25, 0.3) is 0 Å². The predicted molar refractivity (Wildman–Crippen MR) is 61.6 cm³/mol. The normalized spacial score (nSPS) is 12.5. The van der Waals surface area contributed by atoms with Gasteiger partial charge in [0, 0.05) is 0 Å². The van der Waals surface area contributed by atoms with Crippen molar-refractivity contribution < 1.29 is 9.90 Å². The Kier molecular flexibility index (Phi) is 3.75. The van der Waals surface area contributed by atoms with E-state index in [9.17, 15) is 4.79 Å². The van der Waals surface area contributed by atoms with Gasteiger partial charge < -0.3 is 5.11 Å². The maximum absolute atomic E-state index is 10.7. The molecule has 0 saturated heterocycles. The van der Waals surface area contributed by atoms with Crippen molar-refractivity contribution in [1.82, 2.24) is 0 Å². The number of halogens is 1. The second-order valence-corrected chi connectivity index (χ2v) is 4.41. The minimum atomic E-state index is -0.962. The Morgan fingerprint density at radius 3 is 2.20 bits per heavy atom. The topological polar surface area (TPSA) is 37.3 Å². The van der Waals surface area contributed by atoms with E-state index in [1.807, 2.05) is 32.9 Å². The SMILES string of the molecule is Cc1cc(C)c(CC(Cl)C(=O)O)c(C)c1. The van der Waals surface area contributed by atoms with Gasteiger partial charge in [-0.2, -0.15) is 0 Å². The molecule has 15 heavy (non-hydrogen) atoms. The van der Waals surface area contributed by atoms with Gasteiger partial charge in [-0.15, -0.1) is 11.6 Å². The van der Waals surface area contributed by atoms with Crippen molar-refractivity contribution in [3.63, 3.8) is 0 Å². The Morgan fingerprint density at radius 2 is 1.80 bits per heavy atom. The molecule has 82 valence electrons. The molecule has 0 amide bonds. The van der Waals surface area contributed by atoms with Crippen molar-refractivity contribution in [2.75, 3.05) is 0 Å². The number of carboxylic acids is 1. The van der Waals surface area contributed by atoms with E-state index in [2.05, 4.69) is 0 Å². The monoisotopic (exact) mass is 226 g/mol. The molecule has 0 aliphatic carbocycles. The first kappa shape index (κ1) is 12.1. The minimum absolute atomic E-state index is 0.384. The highest BCUT2D eigenvalue weighted by molar-refractivity contribution is 6.29. The van der Waals surface area contributed by atoms with E-state index < -0.39 is 11.3 Å². The van der Waals surface area contributed by atoms with Crippen LogP contribution in [-0.4, -0.2) is 16.5 Å². The maximum Gasteiger partial charge on any atom is 0.321 e. The Balaban J connectivity index is 3.00. The third-order valence-electron chi connectivity index (χ3n) is 2.49. The fraction of sp³-hybridized carbons (Fsp3) is 0.417. The van der Waals surface area contributed by atoms with Crippen LogP contribution in [0.1, 0.15) is 22.3 Å². The zero-order valence-corrected chi connectivity index (χ0v) is 9.93. The number of carboxylic acid groups (broad SMARTS) is 1. The summed E-state index contributed by atoms with van der Waals surface area (Å²) in [4.78, 5) is 10.7. The molecule has 1 N–H and O–H groups in total. The van der Waals surface area contributed by atoms with Gasteiger partial charge in [0.1, 0.15) is 5.38 Å². The molecule has 0 aliphatic heterocycles. The van der Waals surface area contributed by atoms with Gasteiger partial charge in [-0.3, -0.25) is 4.79 Å². The van der Waals surface area contributed by atoms with Crippen molar-refractivity contribution in [2.24, 2.45) is 0 Å². The zero-order chi connectivity index (χ0) is 11.6. The summed E-state index contributed by atoms with van der Waals surface area (Å²) >= 11 is 5.73. The smallest absolute Gasteiger partial charge is 0.321 e. The molecule has 0 bridgehead atoms. The van der Waals surface area contributed by atoms with Gasteiger partial charge >= 0.3 is 5.97 Å². The van der Waals surface area contributed by atoms with E-state index in [0.29, 0.717) is 6.42 Å². The van der Waals surface area contributed by atoms with Crippen molar-refractivity contribution in [3.05, 3.63) is 34.4 Å². The minimum Gasteiger partial charge on any atom is -0.480 e. The second-order valence-electron chi connectivity index (χ2n) is 3.89. The molecule has 1 rings (SSSR count). The lowest BCUT2D eigenvalue weighted by Crippen LogP contribution is -2.17. The largest absolute Gasteiger partial charge is 0.480 e. The number of alkyl halides is 1. The second kappa shape index (κ2) is 4.67. The van der Waals surface area contributed by atoms with Crippen LogP contribution in [0.2, 0.25) is 0 Å². The number of carbonyl (C=O) groups is 1. The zero-order valence-electron chi connectivity index (χ0n) is 9.17. The predicted octanol–water partition coefficient (Wildman–Crippen LogP) is 2.85. The molecule has 0 spiro atoms. The molecule has 0 radical (unpaired) electrons. The van der Waals surface area contributed by atoms with Crippen LogP contribution in [0, 0.1) is 20.8 Å². The third kappa shape index (κ3) is 2.96. The lowest BCUT2D eigenvalue weighted by Gasteiger charge is -2.12. The fourth-order valence-corrected chi connectivity index (χ4v) is 1.95. The number of aliphatic carboxylic acids is 1. The van der Waals surface area contributed by atoms with Crippen LogP contribution in [0.4, 0.5) is 0 Å². The van der Waals surface area contributed by atoms with Gasteiger partial charge in [-0.05, 0) is 43.9 Å². The van der Waals surface area contributed by atoms with E-state index >= 15 is 0 Å². The van der Waals surface area contributed by atoms with Crippen molar-refractivity contribution in [2.45, 2.75) is 32.6 Å².